The van der Waals surface area contributed by atoms with Crippen molar-refractivity contribution in [1.29, 1.82) is 0 Å². The summed E-state index contributed by atoms with van der Waals surface area (Å²) in [6.45, 7) is 1.43. The highest BCUT2D eigenvalue weighted by molar-refractivity contribution is 6.16. The Balaban J connectivity index is 1.68. The number of hydrogen-bond acceptors (Lipinski definition) is 4. The van der Waals surface area contributed by atoms with Gasteiger partial charge in [-0.05, 0) is 42.3 Å². The topological polar surface area (TPSA) is 66.5 Å². The zero-order chi connectivity index (χ0) is 23.6. The number of rotatable bonds is 3. The lowest BCUT2D eigenvalue weighted by molar-refractivity contribution is -0.122. The molecule has 1 saturated heterocycles. The molecule has 1 amide bonds. The van der Waals surface area contributed by atoms with E-state index >= 15 is 0 Å². The summed E-state index contributed by atoms with van der Waals surface area (Å²) in [5, 5.41) is 2.94. The summed E-state index contributed by atoms with van der Waals surface area (Å²) in [7, 11) is 0. The molecule has 0 unspecified atom stereocenters. The predicted octanol–water partition coefficient (Wildman–Crippen LogP) is 4.39. The molecule has 0 bridgehead atoms. The average molecular weight is 452 g/mol. The molecule has 3 aliphatic rings. The van der Waals surface area contributed by atoms with Gasteiger partial charge in [0.15, 0.2) is 11.6 Å². The molecule has 34 heavy (non-hydrogen) atoms. The van der Waals surface area contributed by atoms with Gasteiger partial charge < -0.3 is 10.2 Å². The highest BCUT2D eigenvalue weighted by Crippen LogP contribution is 2.57. The van der Waals surface area contributed by atoms with E-state index in [9.17, 15) is 18.8 Å². The number of anilines is 2. The van der Waals surface area contributed by atoms with Crippen molar-refractivity contribution in [2.45, 2.75) is 24.4 Å². The van der Waals surface area contributed by atoms with Gasteiger partial charge in [-0.1, -0.05) is 60.7 Å². The first-order valence-corrected chi connectivity index (χ1v) is 11.2. The largest absolute Gasteiger partial charge is 0.352 e. The summed E-state index contributed by atoms with van der Waals surface area (Å²) in [4.78, 5) is 43.2. The van der Waals surface area contributed by atoms with Crippen molar-refractivity contribution >= 4 is 34.9 Å². The lowest BCUT2D eigenvalue weighted by atomic mass is 9.64. The van der Waals surface area contributed by atoms with Crippen molar-refractivity contribution in [3.05, 3.63) is 101 Å². The monoisotopic (exact) mass is 452 g/mol. The highest BCUT2D eigenvalue weighted by Gasteiger charge is 2.69. The van der Waals surface area contributed by atoms with Crippen LogP contribution < -0.4 is 10.2 Å². The zero-order valence-corrected chi connectivity index (χ0v) is 18.4. The van der Waals surface area contributed by atoms with Gasteiger partial charge in [0.2, 0.25) is 5.91 Å². The Labute approximate surface area is 195 Å². The Kier molecular flexibility index (Phi) is 4.36. The normalized spacial score (nSPS) is 26.1. The van der Waals surface area contributed by atoms with Gasteiger partial charge in [0.1, 0.15) is 11.2 Å². The first kappa shape index (κ1) is 20.5. The maximum Gasteiger partial charge on any atom is 0.238 e. The van der Waals surface area contributed by atoms with Crippen LogP contribution in [0.5, 0.6) is 0 Å². The van der Waals surface area contributed by atoms with E-state index < -0.39 is 35.0 Å². The number of para-hydroxylation sites is 2. The summed E-state index contributed by atoms with van der Waals surface area (Å²) < 4.78 is 14.9. The summed E-state index contributed by atoms with van der Waals surface area (Å²) in [5.74, 6) is -2.95. The second-order valence-corrected chi connectivity index (χ2v) is 9.02. The number of hydrogen-bond donors (Lipinski definition) is 1. The number of benzene rings is 3. The summed E-state index contributed by atoms with van der Waals surface area (Å²) >= 11 is 0. The minimum Gasteiger partial charge on any atom is -0.352 e. The molecular weight excluding hydrogens is 431 g/mol. The van der Waals surface area contributed by atoms with Gasteiger partial charge in [-0.25, -0.2) is 4.39 Å². The van der Waals surface area contributed by atoms with E-state index in [1.54, 1.807) is 12.1 Å². The van der Waals surface area contributed by atoms with Gasteiger partial charge in [0, 0.05) is 11.4 Å². The van der Waals surface area contributed by atoms with Crippen LogP contribution >= 0.6 is 0 Å². The fourth-order valence-corrected chi connectivity index (χ4v) is 6.10. The van der Waals surface area contributed by atoms with Gasteiger partial charge in [0.05, 0.1) is 23.6 Å². The Morgan fingerprint density at radius 1 is 0.971 bits per heavy atom. The number of carbonyl (C=O) groups is 3. The standard InChI is InChI=1S/C28H21FN2O3/c1-16(32)25-24(26(33)18-9-3-5-11-20(18)29)28(19-10-4-6-12-21(19)30-27(28)34)23-15-14-17-8-2-7-13-22(17)31(23)25/h2-15,23-25H,1H3,(H,30,34)/t23-,24-,25-,28-/m1/s1. The van der Waals surface area contributed by atoms with Crippen molar-refractivity contribution < 1.29 is 18.8 Å². The van der Waals surface area contributed by atoms with Crippen molar-refractivity contribution in [1.82, 2.24) is 0 Å². The fourth-order valence-electron chi connectivity index (χ4n) is 6.10. The zero-order valence-electron chi connectivity index (χ0n) is 18.4. The number of halogens is 1. The molecule has 1 fully saturated rings. The molecule has 4 atom stereocenters. The Hall–Kier alpha value is -4.06. The molecule has 3 aromatic carbocycles. The molecule has 3 aliphatic heterocycles. The minimum absolute atomic E-state index is 0.118. The van der Waals surface area contributed by atoms with E-state index in [0.29, 0.717) is 11.3 Å². The van der Waals surface area contributed by atoms with E-state index in [4.69, 9.17) is 0 Å². The Morgan fingerprint density at radius 3 is 2.47 bits per heavy atom. The number of nitrogens with one attached hydrogen (secondary N) is 1. The van der Waals surface area contributed by atoms with E-state index in [1.165, 1.54) is 25.1 Å². The summed E-state index contributed by atoms with van der Waals surface area (Å²) in [6, 6.07) is 19.0. The maximum absolute atomic E-state index is 14.9. The third kappa shape index (κ3) is 2.51. The minimum atomic E-state index is -1.39. The summed E-state index contributed by atoms with van der Waals surface area (Å²) in [5.41, 5.74) is 1.41. The Morgan fingerprint density at radius 2 is 1.68 bits per heavy atom. The van der Waals surface area contributed by atoms with Gasteiger partial charge in [-0.3, -0.25) is 14.4 Å². The number of Topliss-reactive ketones (excluding diaryl/α,β-unsaturated/α-hetero) is 2. The van der Waals surface area contributed by atoms with Crippen molar-refractivity contribution in [2.75, 3.05) is 10.2 Å². The molecule has 0 radical (unpaired) electrons. The first-order valence-electron chi connectivity index (χ1n) is 11.2. The van der Waals surface area contributed by atoms with Crippen LogP contribution in [0.3, 0.4) is 0 Å². The SMILES string of the molecule is CC(=O)[C@@H]1[C@H](C(=O)c2ccccc2F)[C@]2(C(=O)Nc3ccccc32)[C@H]2C=Cc3ccccc3N12. The van der Waals surface area contributed by atoms with Gasteiger partial charge in [-0.2, -0.15) is 0 Å². The third-order valence-electron chi connectivity index (χ3n) is 7.38. The highest BCUT2D eigenvalue weighted by atomic mass is 19.1. The molecule has 6 rings (SSSR count). The van der Waals surface area contributed by atoms with Crippen LogP contribution in [0.15, 0.2) is 78.9 Å². The van der Waals surface area contributed by atoms with Crippen LogP contribution in [0.4, 0.5) is 15.8 Å². The van der Waals surface area contributed by atoms with Gasteiger partial charge in [-0.15, -0.1) is 0 Å². The number of amides is 1. The molecule has 3 aromatic rings. The lowest BCUT2D eigenvalue weighted by Gasteiger charge is -2.37. The number of carbonyl (C=O) groups excluding carboxylic acids is 3. The number of nitrogens with zero attached hydrogens (tertiary/aromatic N) is 1. The van der Waals surface area contributed by atoms with Crippen LogP contribution in [0.2, 0.25) is 0 Å². The quantitative estimate of drug-likeness (QED) is 0.599. The van der Waals surface area contributed by atoms with Crippen molar-refractivity contribution in [3.8, 4) is 0 Å². The molecule has 1 N–H and O–H groups in total. The molecule has 0 aliphatic carbocycles. The fraction of sp³-hybridized carbons (Fsp3) is 0.179. The van der Waals surface area contributed by atoms with E-state index in [2.05, 4.69) is 5.32 Å². The van der Waals surface area contributed by atoms with Crippen LogP contribution in [-0.2, 0) is 15.0 Å². The van der Waals surface area contributed by atoms with E-state index in [-0.39, 0.29) is 17.3 Å². The molecule has 3 heterocycles. The smallest absolute Gasteiger partial charge is 0.238 e. The third-order valence-corrected chi connectivity index (χ3v) is 7.38. The van der Waals surface area contributed by atoms with Gasteiger partial charge in [0.25, 0.3) is 0 Å². The first-order chi connectivity index (χ1) is 16.5. The van der Waals surface area contributed by atoms with Crippen LogP contribution in [0, 0.1) is 11.7 Å². The maximum atomic E-state index is 14.9. The number of fused-ring (bicyclic) bond motifs is 6. The summed E-state index contributed by atoms with van der Waals surface area (Å²) in [6.07, 6.45) is 3.83. The molecule has 6 heteroatoms. The lowest BCUT2D eigenvalue weighted by Crippen LogP contribution is -2.51. The molecular formula is C28H21FN2O3. The second-order valence-electron chi connectivity index (χ2n) is 9.02. The van der Waals surface area contributed by atoms with Crippen LogP contribution in [-0.4, -0.2) is 29.6 Å². The predicted molar refractivity (Wildman–Crippen MR) is 127 cm³/mol. The number of ketones is 2. The Bertz CT molecular complexity index is 1410. The van der Waals surface area contributed by atoms with Crippen molar-refractivity contribution in [3.63, 3.8) is 0 Å². The van der Waals surface area contributed by atoms with Crippen molar-refractivity contribution in [2.24, 2.45) is 5.92 Å². The van der Waals surface area contributed by atoms with Gasteiger partial charge >= 0.3 is 0 Å². The van der Waals surface area contributed by atoms with Crippen LogP contribution in [0.1, 0.15) is 28.4 Å². The molecule has 5 nitrogen and oxygen atoms in total. The van der Waals surface area contributed by atoms with Crippen LogP contribution in [0.25, 0.3) is 6.08 Å². The second kappa shape index (κ2) is 7.22. The van der Waals surface area contributed by atoms with E-state index in [0.717, 1.165) is 11.3 Å². The molecule has 168 valence electrons. The molecule has 0 saturated carbocycles. The molecule has 1 spiro atoms. The average Bonchev–Trinajstić information content (AvgIpc) is 3.32. The molecule has 0 aromatic heterocycles. The van der Waals surface area contributed by atoms with E-state index in [1.807, 2.05) is 59.5 Å².